The maximum absolute atomic E-state index is 10.2. The molecule has 3 N–H and O–H groups in total. The quantitative estimate of drug-likeness (QED) is 0.845. The predicted octanol–water partition coefficient (Wildman–Crippen LogP) is 3.16. The van der Waals surface area contributed by atoms with Gasteiger partial charge >= 0.3 is 0 Å². The van der Waals surface area contributed by atoms with Gasteiger partial charge in [0.1, 0.15) is 5.75 Å². The highest BCUT2D eigenvalue weighted by atomic mass is 16.3. The molecular formula is C16H17NO. The molecule has 0 saturated heterocycles. The Hall–Kier alpha value is -1.80. The molecule has 0 saturated carbocycles. The average Bonchev–Trinajstić information content (AvgIpc) is 2.68. The third-order valence-corrected chi connectivity index (χ3v) is 3.84. The van der Waals surface area contributed by atoms with Gasteiger partial charge in [-0.2, -0.15) is 0 Å². The molecule has 0 fully saturated rings. The van der Waals surface area contributed by atoms with Crippen LogP contribution in [0.3, 0.4) is 0 Å². The second-order valence-corrected chi connectivity index (χ2v) is 4.91. The third kappa shape index (κ3) is 1.46. The van der Waals surface area contributed by atoms with Gasteiger partial charge in [-0.3, -0.25) is 0 Å². The standard InChI is InChI=1S/C16H17NO/c1-10-4-2-5-12-11(8-9-17)13-6-3-7-14(18)16(13)15(10)12/h2-7,11,18H,8-9,17H2,1H3. The van der Waals surface area contributed by atoms with Gasteiger partial charge in [-0.1, -0.05) is 30.3 Å². The average molecular weight is 239 g/mol. The summed E-state index contributed by atoms with van der Waals surface area (Å²) in [5.74, 6) is 0.703. The van der Waals surface area contributed by atoms with Crippen LogP contribution in [-0.2, 0) is 0 Å². The normalized spacial score (nSPS) is 16.4. The van der Waals surface area contributed by atoms with E-state index in [1.54, 1.807) is 6.07 Å². The summed E-state index contributed by atoms with van der Waals surface area (Å²) in [7, 11) is 0. The first-order valence-corrected chi connectivity index (χ1v) is 6.36. The minimum Gasteiger partial charge on any atom is -0.507 e. The molecule has 0 amide bonds. The third-order valence-electron chi connectivity index (χ3n) is 3.84. The monoisotopic (exact) mass is 239 g/mol. The van der Waals surface area contributed by atoms with E-state index in [0.29, 0.717) is 18.2 Å². The largest absolute Gasteiger partial charge is 0.507 e. The Morgan fingerprint density at radius 1 is 1.06 bits per heavy atom. The lowest BCUT2D eigenvalue weighted by Gasteiger charge is -2.12. The summed E-state index contributed by atoms with van der Waals surface area (Å²) >= 11 is 0. The van der Waals surface area contributed by atoms with Crippen molar-refractivity contribution in [1.82, 2.24) is 0 Å². The molecule has 0 heterocycles. The van der Waals surface area contributed by atoms with Crippen molar-refractivity contribution in [3.05, 3.63) is 53.1 Å². The molecule has 1 aliphatic carbocycles. The van der Waals surface area contributed by atoms with E-state index >= 15 is 0 Å². The first-order chi connectivity index (χ1) is 8.74. The molecule has 0 aliphatic heterocycles. The number of fused-ring (bicyclic) bond motifs is 3. The highest BCUT2D eigenvalue weighted by Crippen LogP contribution is 2.50. The summed E-state index contributed by atoms with van der Waals surface area (Å²) in [5, 5.41) is 10.2. The summed E-state index contributed by atoms with van der Waals surface area (Å²) in [4.78, 5) is 0. The van der Waals surface area contributed by atoms with Gasteiger partial charge in [0.2, 0.25) is 0 Å². The molecule has 92 valence electrons. The second kappa shape index (κ2) is 4.14. The van der Waals surface area contributed by atoms with Gasteiger partial charge in [0, 0.05) is 11.5 Å². The highest BCUT2D eigenvalue weighted by molar-refractivity contribution is 5.85. The Kier molecular flexibility index (Phi) is 2.60. The lowest BCUT2D eigenvalue weighted by atomic mass is 9.93. The fourth-order valence-corrected chi connectivity index (χ4v) is 3.09. The van der Waals surface area contributed by atoms with Gasteiger partial charge in [-0.05, 0) is 48.2 Å². The highest BCUT2D eigenvalue weighted by Gasteiger charge is 2.30. The maximum atomic E-state index is 10.2. The van der Waals surface area contributed by atoms with E-state index < -0.39 is 0 Å². The summed E-state index contributed by atoms with van der Waals surface area (Å²) in [6.07, 6.45) is 0.924. The number of rotatable bonds is 2. The number of hydrogen-bond acceptors (Lipinski definition) is 2. The molecule has 0 bridgehead atoms. The lowest BCUT2D eigenvalue weighted by molar-refractivity contribution is 0.477. The molecule has 18 heavy (non-hydrogen) atoms. The number of nitrogens with two attached hydrogens (primary N) is 1. The topological polar surface area (TPSA) is 46.2 Å². The van der Waals surface area contributed by atoms with Crippen LogP contribution in [0.4, 0.5) is 0 Å². The van der Waals surface area contributed by atoms with E-state index in [4.69, 9.17) is 5.73 Å². The number of phenolic OH excluding ortho intramolecular Hbond substituents is 1. The zero-order chi connectivity index (χ0) is 12.7. The van der Waals surface area contributed by atoms with Crippen molar-refractivity contribution in [3.63, 3.8) is 0 Å². The van der Waals surface area contributed by atoms with E-state index in [1.807, 2.05) is 6.07 Å². The summed E-state index contributed by atoms with van der Waals surface area (Å²) in [5.41, 5.74) is 11.7. The maximum Gasteiger partial charge on any atom is 0.123 e. The van der Waals surface area contributed by atoms with E-state index in [2.05, 4.69) is 31.2 Å². The molecule has 0 radical (unpaired) electrons. The van der Waals surface area contributed by atoms with Crippen molar-refractivity contribution in [2.75, 3.05) is 6.54 Å². The van der Waals surface area contributed by atoms with Crippen LogP contribution in [0, 0.1) is 6.92 Å². The molecule has 1 aliphatic rings. The van der Waals surface area contributed by atoms with Crippen molar-refractivity contribution in [1.29, 1.82) is 0 Å². The van der Waals surface area contributed by atoms with Crippen molar-refractivity contribution >= 4 is 0 Å². The van der Waals surface area contributed by atoms with Crippen molar-refractivity contribution in [2.24, 2.45) is 5.73 Å². The van der Waals surface area contributed by atoms with Crippen molar-refractivity contribution < 1.29 is 5.11 Å². The summed E-state index contributed by atoms with van der Waals surface area (Å²) in [6.45, 7) is 2.76. The van der Waals surface area contributed by atoms with E-state index in [9.17, 15) is 5.11 Å². The van der Waals surface area contributed by atoms with Gasteiger partial charge in [-0.25, -0.2) is 0 Å². The Morgan fingerprint density at radius 3 is 2.44 bits per heavy atom. The SMILES string of the molecule is Cc1cccc2c1-c1c(O)cccc1C2CCN. The minimum absolute atomic E-state index is 0.326. The van der Waals surface area contributed by atoms with Crippen molar-refractivity contribution in [2.45, 2.75) is 19.3 Å². The van der Waals surface area contributed by atoms with E-state index in [-0.39, 0.29) is 0 Å². The van der Waals surface area contributed by atoms with Crippen LogP contribution in [0.25, 0.3) is 11.1 Å². The molecule has 2 aromatic rings. The van der Waals surface area contributed by atoms with Crippen LogP contribution in [0.5, 0.6) is 5.75 Å². The minimum atomic E-state index is 0.326. The van der Waals surface area contributed by atoms with Crippen LogP contribution in [0.1, 0.15) is 29.0 Å². The molecule has 3 rings (SSSR count). The molecular weight excluding hydrogens is 222 g/mol. The number of benzene rings is 2. The van der Waals surface area contributed by atoms with Gasteiger partial charge in [-0.15, -0.1) is 0 Å². The first-order valence-electron chi connectivity index (χ1n) is 6.36. The number of aromatic hydroxyl groups is 1. The fourth-order valence-electron chi connectivity index (χ4n) is 3.09. The molecule has 0 aromatic heterocycles. The molecule has 0 spiro atoms. The number of hydrogen-bond donors (Lipinski definition) is 2. The lowest BCUT2D eigenvalue weighted by Crippen LogP contribution is -2.06. The van der Waals surface area contributed by atoms with Crippen LogP contribution in [-0.4, -0.2) is 11.7 Å². The fraction of sp³-hybridized carbons (Fsp3) is 0.250. The van der Waals surface area contributed by atoms with Crippen LogP contribution in [0.2, 0.25) is 0 Å². The van der Waals surface area contributed by atoms with Crippen molar-refractivity contribution in [3.8, 4) is 16.9 Å². The molecule has 2 nitrogen and oxygen atoms in total. The smallest absolute Gasteiger partial charge is 0.123 e. The van der Waals surface area contributed by atoms with Gasteiger partial charge in [0.15, 0.2) is 0 Å². The Labute approximate surface area is 107 Å². The molecule has 2 heteroatoms. The zero-order valence-electron chi connectivity index (χ0n) is 10.5. The van der Waals surface area contributed by atoms with Gasteiger partial charge in [0.25, 0.3) is 0 Å². The Balaban J connectivity index is 2.31. The zero-order valence-corrected chi connectivity index (χ0v) is 10.5. The van der Waals surface area contributed by atoms with Gasteiger partial charge < -0.3 is 10.8 Å². The predicted molar refractivity (Wildman–Crippen MR) is 73.8 cm³/mol. The summed E-state index contributed by atoms with van der Waals surface area (Å²) in [6, 6.07) is 12.1. The van der Waals surface area contributed by atoms with Crippen LogP contribution >= 0.6 is 0 Å². The molecule has 2 aromatic carbocycles. The number of aryl methyl sites for hydroxylation is 1. The van der Waals surface area contributed by atoms with Crippen LogP contribution < -0.4 is 5.73 Å². The second-order valence-electron chi connectivity index (χ2n) is 4.91. The number of phenols is 1. The first kappa shape index (κ1) is 11.3. The van der Waals surface area contributed by atoms with E-state index in [1.165, 1.54) is 22.3 Å². The van der Waals surface area contributed by atoms with Gasteiger partial charge in [0.05, 0.1) is 0 Å². The molecule has 1 atom stereocenters. The van der Waals surface area contributed by atoms with Crippen LogP contribution in [0.15, 0.2) is 36.4 Å². The molecule has 1 unspecified atom stereocenters. The van der Waals surface area contributed by atoms with E-state index in [0.717, 1.165) is 12.0 Å². The Morgan fingerprint density at radius 2 is 1.72 bits per heavy atom. The summed E-state index contributed by atoms with van der Waals surface area (Å²) < 4.78 is 0. The Bertz CT molecular complexity index is 553.